The molecule has 1 aromatic heterocycles. The van der Waals surface area contributed by atoms with E-state index in [1.165, 1.54) is 6.07 Å². The highest BCUT2D eigenvalue weighted by molar-refractivity contribution is 7.89. The van der Waals surface area contributed by atoms with Crippen molar-refractivity contribution in [1.29, 1.82) is 0 Å². The van der Waals surface area contributed by atoms with E-state index in [0.29, 0.717) is 18.8 Å². The highest BCUT2D eigenvalue weighted by Gasteiger charge is 2.40. The molecule has 1 aliphatic carbocycles. The van der Waals surface area contributed by atoms with Gasteiger partial charge in [0.15, 0.2) is 0 Å². The lowest BCUT2D eigenvalue weighted by atomic mass is 9.76. The first-order valence-electron chi connectivity index (χ1n) is 7.36. The second-order valence-electron chi connectivity index (χ2n) is 5.80. The van der Waals surface area contributed by atoms with E-state index in [1.807, 2.05) is 21.0 Å². The lowest BCUT2D eigenvalue weighted by Crippen LogP contribution is -2.57. The van der Waals surface area contributed by atoms with Crippen molar-refractivity contribution in [2.45, 2.75) is 43.4 Å². The van der Waals surface area contributed by atoms with Gasteiger partial charge in [0.2, 0.25) is 5.09 Å². The number of furan rings is 1. The second-order valence-corrected chi connectivity index (χ2v) is 7.50. The van der Waals surface area contributed by atoms with Crippen LogP contribution in [0.1, 0.15) is 31.9 Å². The van der Waals surface area contributed by atoms with Gasteiger partial charge in [-0.2, -0.15) is 0 Å². The number of nitrogens with zero attached hydrogens (tertiary/aromatic N) is 1. The molecule has 0 bridgehead atoms. The monoisotopic (exact) mass is 315 g/mol. The Kier molecular flexibility index (Phi) is 5.08. The Morgan fingerprint density at radius 1 is 1.33 bits per heavy atom. The van der Waals surface area contributed by atoms with Gasteiger partial charge in [-0.3, -0.25) is 0 Å². The molecule has 1 fully saturated rings. The normalized spacial score (nSPS) is 17.9. The number of sulfonamides is 1. The molecular formula is C14H25N3O3S. The molecule has 0 atom stereocenters. The topological polar surface area (TPSA) is 74.6 Å². The van der Waals surface area contributed by atoms with Crippen molar-refractivity contribution in [2.24, 2.45) is 0 Å². The maximum Gasteiger partial charge on any atom is 0.274 e. The molecule has 0 aliphatic heterocycles. The van der Waals surface area contributed by atoms with Crippen molar-refractivity contribution in [3.63, 3.8) is 0 Å². The molecule has 0 amide bonds. The molecule has 0 unspecified atom stereocenters. The third-order valence-electron chi connectivity index (χ3n) is 4.28. The van der Waals surface area contributed by atoms with Crippen molar-refractivity contribution in [3.8, 4) is 0 Å². The highest BCUT2D eigenvalue weighted by atomic mass is 32.2. The SMILES string of the molecule is CCNCc1ccc(S(=O)(=O)NCC2(N(C)C)CCC2)o1. The molecule has 120 valence electrons. The number of hydrogen-bond donors (Lipinski definition) is 2. The summed E-state index contributed by atoms with van der Waals surface area (Å²) in [6.07, 6.45) is 3.19. The summed E-state index contributed by atoms with van der Waals surface area (Å²) in [6.45, 7) is 3.76. The zero-order chi connectivity index (χ0) is 15.5. The molecule has 1 heterocycles. The minimum atomic E-state index is -3.58. The maximum absolute atomic E-state index is 12.3. The van der Waals surface area contributed by atoms with Crippen LogP contribution in [0.3, 0.4) is 0 Å². The van der Waals surface area contributed by atoms with Gasteiger partial charge in [-0.15, -0.1) is 0 Å². The quantitative estimate of drug-likeness (QED) is 0.753. The standard InChI is InChI=1S/C14H25N3O3S/c1-4-15-10-12-6-7-13(20-12)21(18,19)16-11-14(17(2)3)8-5-9-14/h6-7,15-16H,4-5,8-11H2,1-3H3. The molecule has 0 aromatic carbocycles. The first-order valence-corrected chi connectivity index (χ1v) is 8.84. The average Bonchev–Trinajstić information content (AvgIpc) is 2.84. The van der Waals surface area contributed by atoms with Gasteiger partial charge in [0, 0.05) is 12.1 Å². The van der Waals surface area contributed by atoms with E-state index >= 15 is 0 Å². The summed E-state index contributed by atoms with van der Waals surface area (Å²) in [7, 11) is 0.411. The van der Waals surface area contributed by atoms with E-state index in [-0.39, 0.29) is 10.6 Å². The summed E-state index contributed by atoms with van der Waals surface area (Å²) < 4.78 is 32.7. The summed E-state index contributed by atoms with van der Waals surface area (Å²) in [5.74, 6) is 0.628. The first-order chi connectivity index (χ1) is 9.89. The molecule has 0 radical (unpaired) electrons. The van der Waals surface area contributed by atoms with Gasteiger partial charge in [-0.25, -0.2) is 13.1 Å². The summed E-state index contributed by atoms with van der Waals surface area (Å²) in [6, 6.07) is 3.21. The molecule has 1 saturated carbocycles. The van der Waals surface area contributed by atoms with Crippen molar-refractivity contribution in [3.05, 3.63) is 17.9 Å². The molecule has 0 spiro atoms. The van der Waals surface area contributed by atoms with Gasteiger partial charge in [-0.1, -0.05) is 6.92 Å². The van der Waals surface area contributed by atoms with Crippen molar-refractivity contribution >= 4 is 10.0 Å². The molecule has 0 saturated heterocycles. The van der Waals surface area contributed by atoms with Gasteiger partial charge in [0.1, 0.15) is 5.76 Å². The van der Waals surface area contributed by atoms with Crippen LogP contribution in [0.25, 0.3) is 0 Å². The van der Waals surface area contributed by atoms with Crippen LogP contribution in [-0.4, -0.2) is 46.0 Å². The predicted octanol–water partition coefficient (Wildman–Crippen LogP) is 1.15. The van der Waals surface area contributed by atoms with Crippen LogP contribution in [-0.2, 0) is 16.6 Å². The lowest BCUT2D eigenvalue weighted by molar-refractivity contribution is 0.0655. The summed E-state index contributed by atoms with van der Waals surface area (Å²) >= 11 is 0. The molecule has 21 heavy (non-hydrogen) atoms. The number of nitrogens with one attached hydrogen (secondary N) is 2. The molecule has 1 aliphatic rings. The van der Waals surface area contributed by atoms with Crippen LogP contribution in [0.4, 0.5) is 0 Å². The van der Waals surface area contributed by atoms with E-state index < -0.39 is 10.0 Å². The summed E-state index contributed by atoms with van der Waals surface area (Å²) in [5, 5.41) is 3.09. The summed E-state index contributed by atoms with van der Waals surface area (Å²) in [4.78, 5) is 2.11. The fourth-order valence-corrected chi connectivity index (χ4v) is 3.58. The minimum absolute atomic E-state index is 0.0105. The molecule has 1 aromatic rings. The molecule has 2 N–H and O–H groups in total. The van der Waals surface area contributed by atoms with E-state index in [4.69, 9.17) is 4.42 Å². The molecule has 2 rings (SSSR count). The van der Waals surface area contributed by atoms with Gasteiger partial charge in [-0.05, 0) is 52.0 Å². The Bertz CT molecular complexity index is 562. The third-order valence-corrected chi connectivity index (χ3v) is 5.55. The van der Waals surface area contributed by atoms with Crippen LogP contribution in [0.15, 0.2) is 21.6 Å². The lowest BCUT2D eigenvalue weighted by Gasteiger charge is -2.47. The van der Waals surface area contributed by atoms with E-state index in [9.17, 15) is 8.42 Å². The Hall–Kier alpha value is -0.890. The zero-order valence-corrected chi connectivity index (χ0v) is 13.8. The van der Waals surface area contributed by atoms with Crippen molar-refractivity contribution < 1.29 is 12.8 Å². The Morgan fingerprint density at radius 2 is 2.05 bits per heavy atom. The number of likely N-dealkylation sites (N-methyl/N-ethyl adjacent to an activating group) is 1. The maximum atomic E-state index is 12.3. The van der Waals surface area contributed by atoms with Crippen LogP contribution in [0.2, 0.25) is 0 Å². The zero-order valence-electron chi connectivity index (χ0n) is 13.0. The van der Waals surface area contributed by atoms with Gasteiger partial charge >= 0.3 is 0 Å². The summed E-state index contributed by atoms with van der Waals surface area (Å²) in [5.41, 5.74) is -0.0493. The fourth-order valence-electron chi connectivity index (χ4n) is 2.51. The fraction of sp³-hybridized carbons (Fsp3) is 0.714. The molecule has 7 heteroatoms. The van der Waals surface area contributed by atoms with Crippen molar-refractivity contribution in [2.75, 3.05) is 27.2 Å². The number of rotatable bonds is 8. The van der Waals surface area contributed by atoms with Gasteiger partial charge < -0.3 is 14.6 Å². The minimum Gasteiger partial charge on any atom is -0.447 e. The van der Waals surface area contributed by atoms with Crippen LogP contribution in [0.5, 0.6) is 0 Å². The van der Waals surface area contributed by atoms with Crippen LogP contribution < -0.4 is 10.0 Å². The molecular weight excluding hydrogens is 290 g/mol. The first kappa shape index (κ1) is 16.5. The van der Waals surface area contributed by atoms with E-state index in [1.54, 1.807) is 6.07 Å². The highest BCUT2D eigenvalue weighted by Crippen LogP contribution is 2.35. The van der Waals surface area contributed by atoms with E-state index in [0.717, 1.165) is 25.8 Å². The van der Waals surface area contributed by atoms with Crippen LogP contribution in [0, 0.1) is 0 Å². The molecule has 6 nitrogen and oxygen atoms in total. The Morgan fingerprint density at radius 3 is 2.57 bits per heavy atom. The van der Waals surface area contributed by atoms with Crippen molar-refractivity contribution in [1.82, 2.24) is 14.9 Å². The average molecular weight is 315 g/mol. The predicted molar refractivity (Wildman–Crippen MR) is 81.5 cm³/mol. The largest absolute Gasteiger partial charge is 0.447 e. The second kappa shape index (κ2) is 6.48. The van der Waals surface area contributed by atoms with E-state index in [2.05, 4.69) is 14.9 Å². The Balaban J connectivity index is 2.00. The smallest absolute Gasteiger partial charge is 0.274 e. The third kappa shape index (κ3) is 3.66. The Labute approximate surface area is 126 Å². The van der Waals surface area contributed by atoms with Gasteiger partial charge in [0.25, 0.3) is 10.0 Å². The van der Waals surface area contributed by atoms with Gasteiger partial charge in [0.05, 0.1) is 6.54 Å². The number of hydrogen-bond acceptors (Lipinski definition) is 5. The van der Waals surface area contributed by atoms with Crippen LogP contribution >= 0.6 is 0 Å².